The van der Waals surface area contributed by atoms with Crippen molar-refractivity contribution >= 4 is 21.9 Å². The van der Waals surface area contributed by atoms with Crippen LogP contribution in [0.4, 0.5) is 0 Å². The summed E-state index contributed by atoms with van der Waals surface area (Å²) < 4.78 is 2.18. The zero-order valence-electron chi connectivity index (χ0n) is 17.0. The van der Waals surface area contributed by atoms with E-state index in [2.05, 4.69) is 76.3 Å². The smallest absolute Gasteiger partial charge is 0.313 e. The van der Waals surface area contributed by atoms with Gasteiger partial charge in [-0.1, -0.05) is 24.3 Å². The Balaban J connectivity index is 0.00000216. The average molecular weight is 591 g/mol. The van der Waals surface area contributed by atoms with E-state index < -0.39 is 0 Å². The topological polar surface area (TPSA) is 30.7 Å². The van der Waals surface area contributed by atoms with Crippen molar-refractivity contribution in [2.75, 3.05) is 0 Å². The van der Waals surface area contributed by atoms with Gasteiger partial charge in [-0.05, 0) is 36.0 Å². The Bertz CT molecular complexity index is 1520. The summed E-state index contributed by atoms with van der Waals surface area (Å²) in [4.78, 5) is 9.52. The monoisotopic (exact) mass is 590 g/mol. The van der Waals surface area contributed by atoms with Gasteiger partial charge in [0.05, 0.1) is 16.9 Å². The van der Waals surface area contributed by atoms with Crippen LogP contribution in [0.1, 0.15) is 0 Å². The maximum absolute atomic E-state index is 5.03. The molecule has 0 amide bonds. The molecular formula is C28H17N3Pt. The average Bonchev–Trinajstić information content (AvgIpc) is 3.19. The van der Waals surface area contributed by atoms with Crippen LogP contribution in [-0.4, -0.2) is 14.5 Å². The first-order valence-electron chi connectivity index (χ1n) is 10.2. The fraction of sp³-hybridized carbons (Fsp3) is 0. The molecule has 3 aromatic carbocycles. The van der Waals surface area contributed by atoms with Gasteiger partial charge in [-0.2, -0.15) is 42.5 Å². The first kappa shape index (κ1) is 20.4. The molecule has 3 aromatic heterocycles. The van der Waals surface area contributed by atoms with Crippen LogP contribution < -0.4 is 0 Å². The molecule has 4 heteroatoms. The SMILES string of the molecule is [Pt+2].[c-]1ccccc1-c1[c-]c(-n2c3ccccc3c3ccc(-c4ccccn4)nc32)ccc1. The summed E-state index contributed by atoms with van der Waals surface area (Å²) >= 11 is 0. The fourth-order valence-corrected chi connectivity index (χ4v) is 4.05. The van der Waals surface area contributed by atoms with E-state index in [1.54, 1.807) is 6.20 Å². The summed E-state index contributed by atoms with van der Waals surface area (Å²) in [5, 5.41) is 2.28. The number of hydrogen-bond acceptors (Lipinski definition) is 2. The minimum atomic E-state index is 0. The van der Waals surface area contributed by atoms with Gasteiger partial charge in [0.1, 0.15) is 5.65 Å². The Morgan fingerprint density at radius 1 is 0.656 bits per heavy atom. The third-order valence-corrected chi connectivity index (χ3v) is 5.47. The fourth-order valence-electron chi connectivity index (χ4n) is 4.05. The standard InChI is InChI=1S/C28H17N3.Pt/c1-2-9-20(10-3-1)21-11-8-12-22(19-21)31-27-15-5-4-13-23(27)24-16-17-26(30-28(24)31)25-14-6-7-18-29-25;/h1-9,11-18H;/q-2;+2. The van der Waals surface area contributed by atoms with Crippen LogP contribution in [0.3, 0.4) is 0 Å². The molecule has 0 aliphatic rings. The molecule has 0 aliphatic carbocycles. The third-order valence-electron chi connectivity index (χ3n) is 5.47. The molecule has 6 aromatic rings. The predicted molar refractivity (Wildman–Crippen MR) is 125 cm³/mol. The van der Waals surface area contributed by atoms with E-state index in [9.17, 15) is 0 Å². The minimum absolute atomic E-state index is 0. The molecule has 0 fully saturated rings. The van der Waals surface area contributed by atoms with Gasteiger partial charge < -0.3 is 4.57 Å². The second-order valence-electron chi connectivity index (χ2n) is 7.36. The first-order valence-corrected chi connectivity index (χ1v) is 10.2. The van der Waals surface area contributed by atoms with Crippen molar-refractivity contribution < 1.29 is 21.1 Å². The Hall–Kier alpha value is -3.55. The Kier molecular flexibility index (Phi) is 5.43. The van der Waals surface area contributed by atoms with Crippen molar-refractivity contribution in [2.24, 2.45) is 0 Å². The van der Waals surface area contributed by atoms with Gasteiger partial charge in [0, 0.05) is 17.0 Å². The number of hydrogen-bond donors (Lipinski definition) is 0. The number of pyridine rings is 2. The van der Waals surface area contributed by atoms with E-state index >= 15 is 0 Å². The number of aromatic nitrogens is 3. The molecule has 0 unspecified atom stereocenters. The second kappa shape index (κ2) is 8.53. The van der Waals surface area contributed by atoms with Crippen molar-refractivity contribution in [1.82, 2.24) is 14.5 Å². The van der Waals surface area contributed by atoms with Gasteiger partial charge >= 0.3 is 21.1 Å². The maximum Gasteiger partial charge on any atom is 2.00 e. The summed E-state index contributed by atoms with van der Waals surface area (Å²) in [6.07, 6.45) is 1.80. The van der Waals surface area contributed by atoms with Crippen LogP contribution in [0.5, 0.6) is 0 Å². The van der Waals surface area contributed by atoms with Crippen LogP contribution in [0.15, 0.2) is 103 Å². The number of benzene rings is 3. The van der Waals surface area contributed by atoms with Crippen LogP contribution in [0.2, 0.25) is 0 Å². The van der Waals surface area contributed by atoms with E-state index in [0.717, 1.165) is 44.8 Å². The molecular weight excluding hydrogens is 573 g/mol. The van der Waals surface area contributed by atoms with Gasteiger partial charge in [0.2, 0.25) is 0 Å². The molecule has 0 radical (unpaired) electrons. The first-order chi connectivity index (χ1) is 15.4. The van der Waals surface area contributed by atoms with Crippen molar-refractivity contribution in [2.45, 2.75) is 0 Å². The molecule has 0 spiro atoms. The molecule has 6 rings (SSSR count). The van der Waals surface area contributed by atoms with Gasteiger partial charge in [0.25, 0.3) is 0 Å². The number of rotatable bonds is 3. The van der Waals surface area contributed by atoms with Crippen molar-refractivity contribution in [1.29, 1.82) is 0 Å². The van der Waals surface area contributed by atoms with Gasteiger partial charge in [-0.15, -0.1) is 12.1 Å². The molecule has 0 N–H and O–H groups in total. The molecule has 154 valence electrons. The Labute approximate surface area is 200 Å². The number of fused-ring (bicyclic) bond motifs is 3. The van der Waals surface area contributed by atoms with Crippen molar-refractivity contribution in [3.8, 4) is 28.2 Å². The molecule has 0 saturated heterocycles. The second-order valence-corrected chi connectivity index (χ2v) is 7.36. The molecule has 32 heavy (non-hydrogen) atoms. The normalized spacial score (nSPS) is 10.9. The van der Waals surface area contributed by atoms with Gasteiger partial charge in [0.15, 0.2) is 0 Å². The Morgan fingerprint density at radius 3 is 2.34 bits per heavy atom. The van der Waals surface area contributed by atoms with Crippen molar-refractivity contribution in [3.05, 3.63) is 115 Å². The van der Waals surface area contributed by atoms with Gasteiger partial charge in [-0.25, -0.2) is 16.1 Å². The number of nitrogens with zero attached hydrogens (tertiary/aromatic N) is 3. The van der Waals surface area contributed by atoms with Crippen LogP contribution in [0, 0.1) is 12.1 Å². The molecule has 0 saturated carbocycles. The van der Waals surface area contributed by atoms with Crippen LogP contribution in [0.25, 0.3) is 50.1 Å². The van der Waals surface area contributed by atoms with Crippen LogP contribution >= 0.6 is 0 Å². The van der Waals surface area contributed by atoms with Crippen LogP contribution in [-0.2, 0) is 21.1 Å². The van der Waals surface area contributed by atoms with E-state index in [1.165, 1.54) is 5.39 Å². The number of para-hydroxylation sites is 1. The zero-order valence-corrected chi connectivity index (χ0v) is 19.2. The van der Waals surface area contributed by atoms with Crippen molar-refractivity contribution in [3.63, 3.8) is 0 Å². The molecule has 3 nitrogen and oxygen atoms in total. The molecule has 0 atom stereocenters. The van der Waals surface area contributed by atoms with E-state index in [0.29, 0.717) is 0 Å². The summed E-state index contributed by atoms with van der Waals surface area (Å²) in [6, 6.07) is 39.5. The maximum atomic E-state index is 5.03. The quantitative estimate of drug-likeness (QED) is 0.220. The summed E-state index contributed by atoms with van der Waals surface area (Å²) in [5.41, 5.74) is 6.69. The Morgan fingerprint density at radius 2 is 1.50 bits per heavy atom. The molecule has 0 bridgehead atoms. The molecule has 3 heterocycles. The van der Waals surface area contributed by atoms with E-state index in [1.807, 2.05) is 42.5 Å². The summed E-state index contributed by atoms with van der Waals surface area (Å²) in [5.74, 6) is 0. The zero-order chi connectivity index (χ0) is 20.6. The van der Waals surface area contributed by atoms with Gasteiger partial charge in [-0.3, -0.25) is 4.98 Å². The third kappa shape index (κ3) is 3.45. The summed E-state index contributed by atoms with van der Waals surface area (Å²) in [7, 11) is 0. The predicted octanol–water partition coefficient (Wildman–Crippen LogP) is 6.51. The van der Waals surface area contributed by atoms with E-state index in [-0.39, 0.29) is 21.1 Å². The minimum Gasteiger partial charge on any atom is -0.313 e. The summed E-state index contributed by atoms with van der Waals surface area (Å²) in [6.45, 7) is 0. The largest absolute Gasteiger partial charge is 2.00 e. The molecule has 0 aliphatic heterocycles. The van der Waals surface area contributed by atoms with E-state index in [4.69, 9.17) is 4.98 Å².